The van der Waals surface area contributed by atoms with E-state index in [1.165, 1.54) is 29.9 Å². The number of carbonyl (C=O) groups is 1. The Morgan fingerprint density at radius 1 is 1.36 bits per heavy atom. The molecule has 0 bridgehead atoms. The minimum atomic E-state index is 0.256. The Morgan fingerprint density at radius 3 is 3.04 bits per heavy atom. The lowest BCUT2D eigenvalue weighted by Gasteiger charge is -2.30. The predicted molar refractivity (Wildman–Crippen MR) is 98.6 cm³/mol. The lowest BCUT2D eigenvalue weighted by atomic mass is 10.00. The number of aryl methyl sites for hydroxylation is 1. The number of anilines is 3. The van der Waals surface area contributed by atoms with Gasteiger partial charge in [-0.25, -0.2) is 4.98 Å². The number of methoxy groups -OCH3 is 1. The van der Waals surface area contributed by atoms with Gasteiger partial charge in [0, 0.05) is 49.4 Å². The fourth-order valence-electron chi connectivity index (χ4n) is 3.12. The summed E-state index contributed by atoms with van der Waals surface area (Å²) < 4.78 is 9.39. The SMILES string of the molecule is COCCc1nsc(Nc2ccc3c(c2)CCC(=O)N3CC2CC2)n1. The van der Waals surface area contributed by atoms with Crippen molar-refractivity contribution in [1.82, 2.24) is 9.36 Å². The molecule has 1 amide bonds. The van der Waals surface area contributed by atoms with Gasteiger partial charge in [0.1, 0.15) is 5.82 Å². The Kier molecular flexibility index (Phi) is 4.67. The number of aromatic nitrogens is 2. The number of hydrogen-bond donors (Lipinski definition) is 1. The van der Waals surface area contributed by atoms with Gasteiger partial charge in [-0.2, -0.15) is 4.37 Å². The zero-order chi connectivity index (χ0) is 17.2. The van der Waals surface area contributed by atoms with Crippen molar-refractivity contribution in [2.45, 2.75) is 32.1 Å². The fraction of sp³-hybridized carbons (Fsp3) is 0.500. The minimum absolute atomic E-state index is 0.256. The van der Waals surface area contributed by atoms with Crippen molar-refractivity contribution < 1.29 is 9.53 Å². The molecule has 2 heterocycles. The lowest BCUT2D eigenvalue weighted by molar-refractivity contribution is -0.118. The molecule has 1 N–H and O–H groups in total. The standard InChI is InChI=1S/C18H22N4O2S/c1-24-9-8-16-20-18(25-21-16)19-14-5-6-15-13(10-14)4-7-17(23)22(15)11-12-2-3-12/h5-6,10,12H,2-4,7-9,11H2,1H3,(H,19,20,21). The van der Waals surface area contributed by atoms with Crippen LogP contribution in [0.5, 0.6) is 0 Å². The highest BCUT2D eigenvalue weighted by molar-refractivity contribution is 7.09. The van der Waals surface area contributed by atoms with E-state index in [1.807, 2.05) is 11.0 Å². The average molecular weight is 358 g/mol. The first-order valence-corrected chi connectivity index (χ1v) is 9.52. The number of ether oxygens (including phenoxy) is 1. The second-order valence-corrected chi connectivity index (χ2v) is 7.43. The average Bonchev–Trinajstić information content (AvgIpc) is 3.33. The second-order valence-electron chi connectivity index (χ2n) is 6.67. The summed E-state index contributed by atoms with van der Waals surface area (Å²) >= 11 is 1.36. The molecule has 1 aliphatic carbocycles. The summed E-state index contributed by atoms with van der Waals surface area (Å²) in [6.07, 6.45) is 4.63. The van der Waals surface area contributed by atoms with Gasteiger partial charge >= 0.3 is 0 Å². The zero-order valence-electron chi connectivity index (χ0n) is 14.3. The Labute approximate surface area is 151 Å². The molecule has 1 aromatic heterocycles. The number of hydrogen-bond acceptors (Lipinski definition) is 6. The monoisotopic (exact) mass is 358 g/mol. The maximum atomic E-state index is 12.3. The third-order valence-electron chi connectivity index (χ3n) is 4.67. The predicted octanol–water partition coefficient (Wildman–Crippen LogP) is 3.16. The van der Waals surface area contributed by atoms with Crippen molar-refractivity contribution in [3.63, 3.8) is 0 Å². The van der Waals surface area contributed by atoms with Gasteiger partial charge < -0.3 is 15.0 Å². The highest BCUT2D eigenvalue weighted by Crippen LogP contribution is 2.36. The van der Waals surface area contributed by atoms with E-state index in [0.29, 0.717) is 18.9 Å². The van der Waals surface area contributed by atoms with Crippen LogP contribution in [0.1, 0.15) is 30.7 Å². The van der Waals surface area contributed by atoms with Crippen molar-refractivity contribution in [3.05, 3.63) is 29.6 Å². The van der Waals surface area contributed by atoms with E-state index in [2.05, 4.69) is 26.8 Å². The Hall–Kier alpha value is -1.99. The highest BCUT2D eigenvalue weighted by atomic mass is 32.1. The Morgan fingerprint density at radius 2 is 2.24 bits per heavy atom. The first kappa shape index (κ1) is 16.5. The summed E-state index contributed by atoms with van der Waals surface area (Å²) in [6, 6.07) is 6.22. The molecule has 25 heavy (non-hydrogen) atoms. The molecule has 0 radical (unpaired) electrons. The maximum Gasteiger partial charge on any atom is 0.227 e. The van der Waals surface area contributed by atoms with Crippen LogP contribution >= 0.6 is 11.5 Å². The molecular weight excluding hydrogens is 336 g/mol. The summed E-state index contributed by atoms with van der Waals surface area (Å²) in [4.78, 5) is 18.7. The molecule has 6 nitrogen and oxygen atoms in total. The van der Waals surface area contributed by atoms with E-state index in [4.69, 9.17) is 4.74 Å². The van der Waals surface area contributed by atoms with Crippen LogP contribution in [0.2, 0.25) is 0 Å². The summed E-state index contributed by atoms with van der Waals surface area (Å²) in [6.45, 7) is 1.50. The number of rotatable bonds is 7. The van der Waals surface area contributed by atoms with Crippen LogP contribution in [0, 0.1) is 5.92 Å². The number of benzene rings is 1. The van der Waals surface area contributed by atoms with E-state index in [9.17, 15) is 4.79 Å². The number of nitrogens with zero attached hydrogens (tertiary/aromatic N) is 3. The number of carbonyl (C=O) groups excluding carboxylic acids is 1. The molecule has 1 aliphatic heterocycles. The van der Waals surface area contributed by atoms with Gasteiger partial charge in [0.25, 0.3) is 0 Å². The van der Waals surface area contributed by atoms with E-state index < -0.39 is 0 Å². The summed E-state index contributed by atoms with van der Waals surface area (Å²) in [5, 5.41) is 4.12. The molecule has 2 aliphatic rings. The van der Waals surface area contributed by atoms with Crippen LogP contribution in [0.15, 0.2) is 18.2 Å². The molecule has 1 saturated carbocycles. The van der Waals surface area contributed by atoms with Crippen LogP contribution in [0.25, 0.3) is 0 Å². The molecular formula is C18H22N4O2S. The fourth-order valence-corrected chi connectivity index (χ4v) is 3.75. The number of nitrogens with one attached hydrogen (secondary N) is 1. The van der Waals surface area contributed by atoms with E-state index in [-0.39, 0.29) is 5.91 Å². The molecule has 0 spiro atoms. The van der Waals surface area contributed by atoms with Crippen LogP contribution in [0.3, 0.4) is 0 Å². The Balaban J connectivity index is 1.48. The molecule has 4 rings (SSSR count). The van der Waals surface area contributed by atoms with Crippen molar-refractivity contribution >= 4 is 33.9 Å². The number of amides is 1. The summed E-state index contributed by atoms with van der Waals surface area (Å²) in [7, 11) is 1.68. The molecule has 1 fully saturated rings. The van der Waals surface area contributed by atoms with Crippen molar-refractivity contribution in [2.75, 3.05) is 30.5 Å². The zero-order valence-corrected chi connectivity index (χ0v) is 15.1. The first-order valence-electron chi connectivity index (χ1n) is 8.75. The Bertz CT molecular complexity index is 772. The topological polar surface area (TPSA) is 67.3 Å². The molecule has 0 unspecified atom stereocenters. The third-order valence-corrected chi connectivity index (χ3v) is 5.33. The van der Waals surface area contributed by atoms with Gasteiger partial charge in [-0.1, -0.05) is 0 Å². The van der Waals surface area contributed by atoms with Gasteiger partial charge in [-0.05, 0) is 48.9 Å². The smallest absolute Gasteiger partial charge is 0.227 e. The molecule has 0 atom stereocenters. The van der Waals surface area contributed by atoms with Gasteiger partial charge in [-0.3, -0.25) is 4.79 Å². The molecule has 7 heteroatoms. The van der Waals surface area contributed by atoms with Crippen LogP contribution in [-0.2, 0) is 22.4 Å². The lowest BCUT2D eigenvalue weighted by Crippen LogP contribution is -2.36. The van der Waals surface area contributed by atoms with Crippen molar-refractivity contribution in [2.24, 2.45) is 5.92 Å². The van der Waals surface area contributed by atoms with Gasteiger partial charge in [0.15, 0.2) is 0 Å². The van der Waals surface area contributed by atoms with Crippen LogP contribution in [-0.4, -0.2) is 35.5 Å². The third kappa shape index (κ3) is 3.82. The summed E-state index contributed by atoms with van der Waals surface area (Å²) in [5.41, 5.74) is 3.30. The van der Waals surface area contributed by atoms with E-state index in [0.717, 1.165) is 41.7 Å². The van der Waals surface area contributed by atoms with Gasteiger partial charge in [0.05, 0.1) is 6.61 Å². The number of fused-ring (bicyclic) bond motifs is 1. The largest absolute Gasteiger partial charge is 0.384 e. The van der Waals surface area contributed by atoms with Crippen LogP contribution in [0.4, 0.5) is 16.5 Å². The van der Waals surface area contributed by atoms with Crippen LogP contribution < -0.4 is 10.2 Å². The quantitative estimate of drug-likeness (QED) is 0.823. The van der Waals surface area contributed by atoms with Gasteiger partial charge in [0.2, 0.25) is 11.0 Å². The molecule has 1 aromatic carbocycles. The minimum Gasteiger partial charge on any atom is -0.384 e. The highest BCUT2D eigenvalue weighted by Gasteiger charge is 2.30. The maximum absolute atomic E-state index is 12.3. The van der Waals surface area contributed by atoms with Crippen molar-refractivity contribution in [1.29, 1.82) is 0 Å². The normalized spacial score (nSPS) is 16.8. The summed E-state index contributed by atoms with van der Waals surface area (Å²) in [5.74, 6) is 1.75. The van der Waals surface area contributed by atoms with E-state index in [1.54, 1.807) is 7.11 Å². The van der Waals surface area contributed by atoms with Gasteiger partial charge in [-0.15, -0.1) is 0 Å². The molecule has 132 valence electrons. The molecule has 0 saturated heterocycles. The molecule has 2 aromatic rings. The van der Waals surface area contributed by atoms with E-state index >= 15 is 0 Å². The first-order chi connectivity index (χ1) is 12.2. The second kappa shape index (κ2) is 7.09. The van der Waals surface area contributed by atoms with Crippen molar-refractivity contribution in [3.8, 4) is 0 Å².